The maximum absolute atomic E-state index is 11.7. The number of carbonyl (C=O) groups excluding carboxylic acids is 1. The normalized spacial score (nSPS) is 27.2. The molecule has 80 valence electrons. The summed E-state index contributed by atoms with van der Waals surface area (Å²) in [6, 6.07) is 9.89. The van der Waals surface area contributed by atoms with E-state index in [9.17, 15) is 4.79 Å². The Kier molecular flexibility index (Phi) is 2.96. The lowest BCUT2D eigenvalue weighted by atomic mass is 9.88. The molecule has 0 spiro atoms. The van der Waals surface area contributed by atoms with E-state index in [4.69, 9.17) is 1.37 Å². The molecule has 0 aromatic heterocycles. The van der Waals surface area contributed by atoms with Gasteiger partial charge in [-0.05, 0) is 25.0 Å². The minimum atomic E-state index is -0.490. The number of carbonyl (C=O) groups is 1. The Labute approximate surface area is 92.1 Å². The average molecular weight is 205 g/mol. The molecule has 1 N–H and O–H groups in total. The SMILES string of the molecule is [3H]C1CCC[C@@H](CNc2ccccc2)C1=O. The molecule has 0 radical (unpaired) electrons. The van der Waals surface area contributed by atoms with Gasteiger partial charge in [0.05, 0.1) is 0 Å². The molecule has 1 aliphatic rings. The third kappa shape index (κ3) is 2.82. The van der Waals surface area contributed by atoms with Crippen LogP contribution in [0.15, 0.2) is 30.3 Å². The maximum Gasteiger partial charge on any atom is 0.137 e. The van der Waals surface area contributed by atoms with Gasteiger partial charge in [0.15, 0.2) is 0 Å². The Morgan fingerprint density at radius 3 is 2.93 bits per heavy atom. The van der Waals surface area contributed by atoms with Crippen LogP contribution in [-0.2, 0) is 4.79 Å². The largest absolute Gasteiger partial charge is 0.384 e. The Hall–Kier alpha value is -1.31. The highest BCUT2D eigenvalue weighted by molar-refractivity contribution is 5.82. The van der Waals surface area contributed by atoms with Crippen molar-refractivity contribution in [1.29, 1.82) is 0 Å². The summed E-state index contributed by atoms with van der Waals surface area (Å²) in [5, 5.41) is 3.26. The quantitative estimate of drug-likeness (QED) is 0.822. The van der Waals surface area contributed by atoms with E-state index in [-0.39, 0.29) is 11.7 Å². The zero-order valence-corrected chi connectivity index (χ0v) is 8.78. The monoisotopic (exact) mass is 205 g/mol. The van der Waals surface area contributed by atoms with Gasteiger partial charge in [0.25, 0.3) is 0 Å². The zero-order chi connectivity index (χ0) is 11.4. The molecule has 2 nitrogen and oxygen atoms in total. The molecule has 0 bridgehead atoms. The van der Waals surface area contributed by atoms with Gasteiger partial charge in [0.2, 0.25) is 0 Å². The summed E-state index contributed by atoms with van der Waals surface area (Å²) in [4.78, 5) is 11.7. The van der Waals surface area contributed by atoms with E-state index in [1.165, 1.54) is 0 Å². The summed E-state index contributed by atoms with van der Waals surface area (Å²) in [5.41, 5.74) is 1.04. The van der Waals surface area contributed by atoms with Crippen molar-refractivity contribution in [2.45, 2.75) is 25.7 Å². The van der Waals surface area contributed by atoms with Gasteiger partial charge >= 0.3 is 0 Å². The molecule has 2 heteroatoms. The predicted octanol–water partition coefficient (Wildman–Crippen LogP) is 2.86. The van der Waals surface area contributed by atoms with Crippen molar-refractivity contribution in [3.05, 3.63) is 30.3 Å². The highest BCUT2D eigenvalue weighted by atomic mass is 16.1. The van der Waals surface area contributed by atoms with Crippen molar-refractivity contribution in [1.82, 2.24) is 0 Å². The standard InChI is InChI=1S/C13H17NO/c15-13-9-5-4-6-11(13)10-14-12-7-2-1-3-8-12/h1-3,7-8,11,14H,4-6,9-10H2/t11-/m0/s1/i9T/t9?,11-. The number of nitrogens with one attached hydrogen (secondary N) is 1. The highest BCUT2D eigenvalue weighted by Gasteiger charge is 2.21. The molecule has 1 aliphatic carbocycles. The van der Waals surface area contributed by atoms with Gasteiger partial charge in [-0.3, -0.25) is 4.79 Å². The molecule has 0 amide bonds. The van der Waals surface area contributed by atoms with Crippen LogP contribution in [0.2, 0.25) is 0 Å². The van der Waals surface area contributed by atoms with Crippen LogP contribution in [0.25, 0.3) is 0 Å². The van der Waals surface area contributed by atoms with E-state index < -0.39 is 6.40 Å². The van der Waals surface area contributed by atoms with Gasteiger partial charge in [0, 0.05) is 25.9 Å². The summed E-state index contributed by atoms with van der Waals surface area (Å²) in [7, 11) is 0. The van der Waals surface area contributed by atoms with E-state index in [1.54, 1.807) is 0 Å². The number of para-hydroxylation sites is 1. The lowest BCUT2D eigenvalue weighted by molar-refractivity contribution is -0.124. The second-order valence-electron chi connectivity index (χ2n) is 3.98. The fourth-order valence-corrected chi connectivity index (χ4v) is 1.92. The van der Waals surface area contributed by atoms with E-state index in [0.717, 1.165) is 24.9 Å². The van der Waals surface area contributed by atoms with Crippen molar-refractivity contribution in [2.24, 2.45) is 5.92 Å². The van der Waals surface area contributed by atoms with Crippen LogP contribution < -0.4 is 5.32 Å². The molecule has 1 unspecified atom stereocenters. The number of Topliss-reactive ketones (excluding diaryl/α,β-unsaturated/α-hetero) is 1. The van der Waals surface area contributed by atoms with Gasteiger partial charge in [-0.1, -0.05) is 24.6 Å². The molecule has 1 fully saturated rings. The summed E-state index contributed by atoms with van der Waals surface area (Å²) in [6.45, 7) is 0.665. The molecule has 0 saturated heterocycles. The van der Waals surface area contributed by atoms with E-state index in [0.29, 0.717) is 6.54 Å². The fraction of sp³-hybridized carbons (Fsp3) is 0.462. The van der Waals surface area contributed by atoms with Gasteiger partial charge in [-0.25, -0.2) is 0 Å². The molecule has 1 saturated carbocycles. The van der Waals surface area contributed by atoms with E-state index in [1.807, 2.05) is 30.3 Å². The van der Waals surface area contributed by atoms with Gasteiger partial charge in [0.1, 0.15) is 5.78 Å². The Morgan fingerprint density at radius 2 is 2.13 bits per heavy atom. The molecule has 15 heavy (non-hydrogen) atoms. The van der Waals surface area contributed by atoms with Gasteiger partial charge in [-0.15, -0.1) is 0 Å². The second kappa shape index (κ2) is 4.96. The number of benzene rings is 1. The van der Waals surface area contributed by atoms with E-state index >= 15 is 0 Å². The highest BCUT2D eigenvalue weighted by Crippen LogP contribution is 2.21. The number of ketones is 1. The number of rotatable bonds is 3. The van der Waals surface area contributed by atoms with Crippen molar-refractivity contribution in [3.63, 3.8) is 0 Å². The predicted molar refractivity (Wildman–Crippen MR) is 61.9 cm³/mol. The fourth-order valence-electron chi connectivity index (χ4n) is 1.92. The number of anilines is 1. The van der Waals surface area contributed by atoms with Gasteiger partial charge in [-0.2, -0.15) is 0 Å². The first-order valence-electron chi connectivity index (χ1n) is 6.10. The lowest BCUT2D eigenvalue weighted by Crippen LogP contribution is -2.26. The molecule has 0 heterocycles. The molecule has 2 atom stereocenters. The summed E-state index contributed by atoms with van der Waals surface area (Å²) in [5.74, 6) is 0.131. The Morgan fingerprint density at radius 1 is 1.33 bits per heavy atom. The summed E-state index contributed by atoms with van der Waals surface area (Å²) >= 11 is 0. The van der Waals surface area contributed by atoms with Crippen molar-refractivity contribution in [3.8, 4) is 0 Å². The first-order chi connectivity index (χ1) is 7.77. The summed E-state index contributed by atoms with van der Waals surface area (Å²) in [6.07, 6.45) is 2.17. The molecular formula is C13H17NO. The topological polar surface area (TPSA) is 29.1 Å². The van der Waals surface area contributed by atoms with Crippen molar-refractivity contribution < 1.29 is 6.17 Å². The van der Waals surface area contributed by atoms with Crippen LogP contribution in [0.4, 0.5) is 5.69 Å². The molecule has 0 aliphatic heterocycles. The smallest absolute Gasteiger partial charge is 0.137 e. The minimum Gasteiger partial charge on any atom is -0.384 e. The van der Waals surface area contributed by atoms with Crippen LogP contribution in [-0.4, -0.2) is 12.3 Å². The van der Waals surface area contributed by atoms with Crippen molar-refractivity contribution in [2.75, 3.05) is 11.9 Å². The number of hydrogen-bond acceptors (Lipinski definition) is 2. The zero-order valence-electron chi connectivity index (χ0n) is 9.78. The van der Waals surface area contributed by atoms with Crippen LogP contribution >= 0.6 is 0 Å². The van der Waals surface area contributed by atoms with E-state index in [2.05, 4.69) is 5.32 Å². The summed E-state index contributed by atoms with van der Waals surface area (Å²) < 4.78 is 7.61. The van der Waals surface area contributed by atoms with Crippen molar-refractivity contribution >= 4 is 11.5 Å². The first-order valence-corrected chi connectivity index (χ1v) is 5.52. The third-order valence-electron chi connectivity index (χ3n) is 2.83. The van der Waals surface area contributed by atoms with Crippen LogP contribution in [0.5, 0.6) is 0 Å². The van der Waals surface area contributed by atoms with Crippen LogP contribution in [0.3, 0.4) is 0 Å². The molecule has 2 rings (SSSR count). The Balaban J connectivity index is 1.88. The van der Waals surface area contributed by atoms with Crippen LogP contribution in [0, 0.1) is 5.92 Å². The molecule has 1 aromatic carbocycles. The first kappa shape index (κ1) is 8.96. The minimum absolute atomic E-state index is 0.0245. The second-order valence-corrected chi connectivity index (χ2v) is 3.98. The van der Waals surface area contributed by atoms with Crippen LogP contribution in [0.1, 0.15) is 27.0 Å². The van der Waals surface area contributed by atoms with Gasteiger partial charge < -0.3 is 5.32 Å². The maximum atomic E-state index is 11.7. The molecule has 1 aromatic rings. The average Bonchev–Trinajstić information content (AvgIpc) is 2.32. The Bertz CT molecular complexity index is 352. The molecular weight excluding hydrogens is 186 g/mol. The number of hydrogen-bond donors (Lipinski definition) is 1. The third-order valence-corrected chi connectivity index (χ3v) is 2.83. The lowest BCUT2D eigenvalue weighted by Gasteiger charge is -2.21.